The Kier molecular flexibility index (Phi) is 4.88. The first-order chi connectivity index (χ1) is 12.1. The molecule has 0 aromatic heterocycles. The lowest BCUT2D eigenvalue weighted by Gasteiger charge is -2.24. The lowest BCUT2D eigenvalue weighted by molar-refractivity contribution is -0.126. The zero-order valence-electron chi connectivity index (χ0n) is 13.8. The summed E-state index contributed by atoms with van der Waals surface area (Å²) in [4.78, 5) is 23.6. The molecule has 2 N–H and O–H groups in total. The van der Waals surface area contributed by atoms with Gasteiger partial charge in [-0.05, 0) is 35.7 Å². The van der Waals surface area contributed by atoms with Gasteiger partial charge in [0.05, 0.1) is 13.0 Å². The number of rotatable bonds is 5. The van der Waals surface area contributed by atoms with Crippen molar-refractivity contribution in [3.63, 3.8) is 0 Å². The molecular formula is C19H19NO5. The Labute approximate surface area is 145 Å². The second-order valence-corrected chi connectivity index (χ2v) is 5.88. The monoisotopic (exact) mass is 341 g/mol. The fraction of sp³-hybridized carbons (Fsp3) is 0.263. The number of ether oxygens (including phenoxy) is 2. The van der Waals surface area contributed by atoms with E-state index in [4.69, 9.17) is 9.47 Å². The zero-order chi connectivity index (χ0) is 17.8. The molecule has 1 amide bonds. The van der Waals surface area contributed by atoms with Crippen molar-refractivity contribution in [1.82, 2.24) is 5.32 Å². The molecule has 1 atom stereocenters. The van der Waals surface area contributed by atoms with Gasteiger partial charge in [0.1, 0.15) is 23.7 Å². The van der Waals surface area contributed by atoms with Crippen molar-refractivity contribution in [2.24, 2.45) is 5.92 Å². The van der Waals surface area contributed by atoms with Gasteiger partial charge < -0.3 is 19.9 Å². The van der Waals surface area contributed by atoms with E-state index in [1.807, 2.05) is 24.3 Å². The number of benzene rings is 2. The van der Waals surface area contributed by atoms with Crippen LogP contribution in [-0.2, 0) is 17.8 Å². The second-order valence-electron chi connectivity index (χ2n) is 5.88. The molecule has 0 bridgehead atoms. The average molecular weight is 341 g/mol. The molecule has 2 aromatic carbocycles. The maximum atomic E-state index is 12.4. The van der Waals surface area contributed by atoms with Crippen molar-refractivity contribution in [3.8, 4) is 11.5 Å². The first kappa shape index (κ1) is 16.8. The highest BCUT2D eigenvalue weighted by molar-refractivity contribution is 5.91. The van der Waals surface area contributed by atoms with E-state index < -0.39 is 5.97 Å². The molecule has 6 heteroatoms. The van der Waals surface area contributed by atoms with Gasteiger partial charge in [-0.3, -0.25) is 4.79 Å². The van der Waals surface area contributed by atoms with Gasteiger partial charge >= 0.3 is 5.97 Å². The predicted molar refractivity (Wildman–Crippen MR) is 90.9 cm³/mol. The van der Waals surface area contributed by atoms with Crippen LogP contribution in [0.1, 0.15) is 21.5 Å². The summed E-state index contributed by atoms with van der Waals surface area (Å²) in [6.07, 6.45) is 0.630. The number of hydrogen-bond donors (Lipinski definition) is 2. The SMILES string of the molecule is COc1ccc(CNC(=O)[C@@H]2COc3ccccc3C2)cc1C(=O)O. The quantitative estimate of drug-likeness (QED) is 0.871. The number of carbonyl (C=O) groups excluding carboxylic acids is 1. The fourth-order valence-electron chi connectivity index (χ4n) is 2.86. The van der Waals surface area contributed by atoms with Crippen molar-refractivity contribution in [2.75, 3.05) is 13.7 Å². The van der Waals surface area contributed by atoms with Gasteiger partial charge in [0.2, 0.25) is 5.91 Å². The molecule has 6 nitrogen and oxygen atoms in total. The number of carbonyl (C=O) groups is 2. The Bertz CT molecular complexity index is 802. The zero-order valence-corrected chi connectivity index (χ0v) is 13.8. The number of fused-ring (bicyclic) bond motifs is 1. The molecule has 0 fully saturated rings. The molecule has 130 valence electrons. The molecule has 1 aliphatic heterocycles. The minimum absolute atomic E-state index is 0.0733. The van der Waals surface area contributed by atoms with Gasteiger partial charge in [0, 0.05) is 6.54 Å². The first-order valence-electron chi connectivity index (χ1n) is 7.97. The standard InChI is InChI=1S/C19H19NO5/c1-24-17-7-6-12(8-15(17)19(22)23)10-20-18(21)14-9-13-4-2-3-5-16(13)25-11-14/h2-8,14H,9-11H2,1H3,(H,20,21)(H,22,23)/t14-/m0/s1. The summed E-state index contributed by atoms with van der Waals surface area (Å²) in [6, 6.07) is 12.5. The van der Waals surface area contributed by atoms with Crippen LogP contribution in [0.25, 0.3) is 0 Å². The minimum atomic E-state index is -1.07. The second kappa shape index (κ2) is 7.25. The number of para-hydroxylation sites is 1. The fourth-order valence-corrected chi connectivity index (χ4v) is 2.86. The molecule has 2 aromatic rings. The van der Waals surface area contributed by atoms with E-state index in [1.54, 1.807) is 12.1 Å². The van der Waals surface area contributed by atoms with Crippen LogP contribution < -0.4 is 14.8 Å². The summed E-state index contributed by atoms with van der Waals surface area (Å²) in [5.41, 5.74) is 1.79. The van der Waals surface area contributed by atoms with E-state index >= 15 is 0 Å². The number of nitrogens with one attached hydrogen (secondary N) is 1. The van der Waals surface area contributed by atoms with Crippen LogP contribution in [0.3, 0.4) is 0 Å². The minimum Gasteiger partial charge on any atom is -0.496 e. The van der Waals surface area contributed by atoms with E-state index in [0.717, 1.165) is 11.3 Å². The van der Waals surface area contributed by atoms with Gasteiger partial charge in [0.15, 0.2) is 0 Å². The maximum Gasteiger partial charge on any atom is 0.339 e. The van der Waals surface area contributed by atoms with Crippen LogP contribution in [-0.4, -0.2) is 30.7 Å². The van der Waals surface area contributed by atoms with Crippen molar-refractivity contribution in [3.05, 3.63) is 59.2 Å². The summed E-state index contributed by atoms with van der Waals surface area (Å²) in [5.74, 6) is -0.315. The van der Waals surface area contributed by atoms with Crippen LogP contribution in [0.5, 0.6) is 11.5 Å². The third kappa shape index (κ3) is 3.74. The molecule has 0 radical (unpaired) electrons. The van der Waals surface area contributed by atoms with Crippen molar-refractivity contribution in [2.45, 2.75) is 13.0 Å². The van der Waals surface area contributed by atoms with Crippen molar-refractivity contribution >= 4 is 11.9 Å². The molecule has 0 unspecified atom stereocenters. The molecule has 1 heterocycles. The van der Waals surface area contributed by atoms with Crippen molar-refractivity contribution in [1.29, 1.82) is 0 Å². The Morgan fingerprint density at radius 2 is 2.08 bits per heavy atom. The number of amides is 1. The lowest BCUT2D eigenvalue weighted by Crippen LogP contribution is -2.37. The van der Waals surface area contributed by atoms with E-state index in [0.29, 0.717) is 24.3 Å². The predicted octanol–water partition coefficient (Wildman–Crippen LogP) is 2.26. The summed E-state index contributed by atoms with van der Waals surface area (Å²) < 4.78 is 10.7. The highest BCUT2D eigenvalue weighted by Crippen LogP contribution is 2.27. The van der Waals surface area contributed by atoms with Crippen molar-refractivity contribution < 1.29 is 24.2 Å². The Morgan fingerprint density at radius 1 is 1.28 bits per heavy atom. The molecular weight excluding hydrogens is 322 g/mol. The molecule has 0 saturated carbocycles. The number of hydrogen-bond acceptors (Lipinski definition) is 4. The topological polar surface area (TPSA) is 84.9 Å². The van der Waals surface area contributed by atoms with Gasteiger partial charge in [-0.2, -0.15) is 0 Å². The van der Waals surface area contributed by atoms with Crippen LogP contribution >= 0.6 is 0 Å². The van der Waals surface area contributed by atoms with Gasteiger partial charge in [-0.15, -0.1) is 0 Å². The third-order valence-corrected chi connectivity index (χ3v) is 4.21. The number of carboxylic acid groups (broad SMARTS) is 1. The van der Waals surface area contributed by atoms with Gasteiger partial charge in [-0.25, -0.2) is 4.79 Å². The number of methoxy groups -OCH3 is 1. The van der Waals surface area contributed by atoms with E-state index in [9.17, 15) is 14.7 Å². The number of carboxylic acids is 1. The molecule has 0 aliphatic carbocycles. The first-order valence-corrected chi connectivity index (χ1v) is 7.97. The van der Waals surface area contributed by atoms with Crippen LogP contribution in [0.4, 0.5) is 0 Å². The Hall–Kier alpha value is -3.02. The third-order valence-electron chi connectivity index (χ3n) is 4.21. The molecule has 0 saturated heterocycles. The molecule has 0 spiro atoms. The van der Waals surface area contributed by atoms with E-state index in [1.165, 1.54) is 13.2 Å². The van der Waals surface area contributed by atoms with Gasteiger partial charge in [0.25, 0.3) is 0 Å². The molecule has 3 rings (SSSR count). The van der Waals surface area contributed by atoms with Gasteiger partial charge in [-0.1, -0.05) is 24.3 Å². The summed E-state index contributed by atoms with van der Waals surface area (Å²) >= 11 is 0. The Balaban J connectivity index is 1.63. The van der Waals surface area contributed by atoms with Crippen LogP contribution in [0.15, 0.2) is 42.5 Å². The summed E-state index contributed by atoms with van der Waals surface area (Å²) in [5, 5.41) is 12.1. The van der Waals surface area contributed by atoms with Crippen LogP contribution in [0, 0.1) is 5.92 Å². The normalized spacial score (nSPS) is 15.6. The van der Waals surface area contributed by atoms with Crippen LogP contribution in [0.2, 0.25) is 0 Å². The highest BCUT2D eigenvalue weighted by Gasteiger charge is 2.25. The Morgan fingerprint density at radius 3 is 2.84 bits per heavy atom. The largest absolute Gasteiger partial charge is 0.496 e. The molecule has 25 heavy (non-hydrogen) atoms. The smallest absolute Gasteiger partial charge is 0.339 e. The summed E-state index contributed by atoms with van der Waals surface area (Å²) in [7, 11) is 1.42. The van der Waals surface area contributed by atoms with E-state index in [-0.39, 0.29) is 23.9 Å². The lowest BCUT2D eigenvalue weighted by atomic mass is 9.96. The summed E-state index contributed by atoms with van der Waals surface area (Å²) in [6.45, 7) is 0.590. The highest BCUT2D eigenvalue weighted by atomic mass is 16.5. The number of aromatic carboxylic acids is 1. The maximum absolute atomic E-state index is 12.4. The average Bonchev–Trinajstić information content (AvgIpc) is 2.65. The molecule has 1 aliphatic rings. The van der Waals surface area contributed by atoms with E-state index in [2.05, 4.69) is 5.32 Å².